The van der Waals surface area contributed by atoms with Gasteiger partial charge in [-0.25, -0.2) is 0 Å². The standard InChI is InChI=1S/C36H24ClNO.C36H23NO.C3H6O/c1-21-8-12-28-31-18-26(23-6-4-3-5-7-23)19-32(37)36(31)38(33(28)14-21)27-11-10-24-20-35-30(17-25(24)16-27)29-13-9-22(2)15-34(29)39-35;1-20-8-10-26-30-16-23(22-6-4-3-5-7-22)17-31-28-14-25-19-35-29(27-11-9-21(2)13-34(27)38-35)15-24(25)18-33(28)37(36(30)31)32(26)12-20;1-3(2)4/h3-20H,1-2H3;3-19H,1-2H3;1-2H3/i;;1D. The maximum Gasteiger partial charge on any atom is 0.136 e. The van der Waals surface area contributed by atoms with Crippen molar-refractivity contribution in [2.24, 2.45) is 0 Å². The normalized spacial score (nSPS) is 12.1. The summed E-state index contributed by atoms with van der Waals surface area (Å²) in [4.78, 5) is 9.62. The van der Waals surface area contributed by atoms with Gasteiger partial charge in [0.05, 0.1) is 32.6 Å². The highest BCUT2D eigenvalue weighted by Crippen LogP contribution is 2.45. The van der Waals surface area contributed by atoms with Crippen molar-refractivity contribution in [3.63, 3.8) is 0 Å². The molecule has 5 nitrogen and oxygen atoms in total. The third kappa shape index (κ3) is 7.94. The Kier molecular flexibility index (Phi) is 10.8. The quantitative estimate of drug-likeness (QED) is 0.177. The first-order valence-corrected chi connectivity index (χ1v) is 27.8. The molecule has 0 saturated heterocycles. The molecule has 0 saturated carbocycles. The van der Waals surface area contributed by atoms with Gasteiger partial charge >= 0.3 is 0 Å². The SMILES string of the molecule is Cc1ccc2c(c1)oc1cc3cc4c5cc(-c6ccccc6)cc6c7ccc(C)cc7n(c4cc3cc12)c65.Cc1ccc2c(c1)oc1cc3ccc(-n4c5cc(C)ccc5c5cc(-c6ccccc6)cc(Cl)c54)cc3cc12.[2H]CC(C)=O. The number of halogens is 1. The minimum Gasteiger partial charge on any atom is -0.456 e. The van der Waals surface area contributed by atoms with Gasteiger partial charge in [0.2, 0.25) is 0 Å². The number of nitrogens with zero attached hydrogens (tertiary/aromatic N) is 2. The number of rotatable bonds is 3. The van der Waals surface area contributed by atoms with E-state index in [0.29, 0.717) is 0 Å². The fourth-order valence-corrected chi connectivity index (χ4v) is 12.9. The molecule has 0 atom stereocenters. The smallest absolute Gasteiger partial charge is 0.136 e. The van der Waals surface area contributed by atoms with Gasteiger partial charge in [-0.2, -0.15) is 0 Å². The first-order chi connectivity index (χ1) is 39.9. The van der Waals surface area contributed by atoms with Crippen LogP contribution < -0.4 is 0 Å². The van der Waals surface area contributed by atoms with E-state index in [-0.39, 0.29) is 12.7 Å². The zero-order valence-electron chi connectivity index (χ0n) is 46.4. The number of Topliss-reactive ketones (excluding diaryl/α,β-unsaturated/α-hetero) is 1. The van der Waals surface area contributed by atoms with Gasteiger partial charge in [-0.15, -0.1) is 0 Å². The van der Waals surface area contributed by atoms with Gasteiger partial charge in [-0.1, -0.05) is 127 Å². The third-order valence-corrected chi connectivity index (χ3v) is 16.6. The van der Waals surface area contributed by atoms with Crippen LogP contribution in [-0.4, -0.2) is 14.8 Å². The molecule has 0 fully saturated rings. The number of hydrogen-bond acceptors (Lipinski definition) is 3. The van der Waals surface area contributed by atoms with E-state index >= 15 is 0 Å². The molecule has 12 aromatic carbocycles. The van der Waals surface area contributed by atoms with Gasteiger partial charge in [0.15, 0.2) is 0 Å². The van der Waals surface area contributed by atoms with Crippen LogP contribution in [0, 0.1) is 27.7 Å². The average Bonchev–Trinajstić information content (AvgIpc) is 2.68. The number of hydrogen-bond donors (Lipinski definition) is 0. The van der Waals surface area contributed by atoms with Gasteiger partial charge in [0.25, 0.3) is 0 Å². The van der Waals surface area contributed by atoms with Crippen molar-refractivity contribution in [1.29, 1.82) is 0 Å². The van der Waals surface area contributed by atoms with E-state index in [1.54, 1.807) is 0 Å². The van der Waals surface area contributed by atoms with Crippen molar-refractivity contribution in [2.75, 3.05) is 0 Å². The topological polar surface area (TPSA) is 52.7 Å². The molecule has 0 spiro atoms. The zero-order valence-corrected chi connectivity index (χ0v) is 46.2. The van der Waals surface area contributed by atoms with E-state index in [0.717, 1.165) is 76.7 Å². The van der Waals surface area contributed by atoms with Crippen molar-refractivity contribution in [2.45, 2.75) is 41.5 Å². The van der Waals surface area contributed by atoms with Crippen LogP contribution in [0.5, 0.6) is 0 Å². The van der Waals surface area contributed by atoms with Crippen molar-refractivity contribution in [3.05, 3.63) is 240 Å². The molecule has 17 rings (SSSR count). The molecule has 5 aromatic heterocycles. The highest BCUT2D eigenvalue weighted by Gasteiger charge is 2.22. The molecule has 0 bridgehead atoms. The van der Waals surface area contributed by atoms with Crippen LogP contribution in [0.2, 0.25) is 5.02 Å². The number of carbonyl (C=O) groups excluding carboxylic acids is 1. The Morgan fingerprint density at radius 2 is 0.827 bits per heavy atom. The van der Waals surface area contributed by atoms with Gasteiger partial charge in [0, 0.05) is 60.9 Å². The summed E-state index contributed by atoms with van der Waals surface area (Å²) in [6, 6.07) is 77.0. The molecule has 0 aliphatic heterocycles. The summed E-state index contributed by atoms with van der Waals surface area (Å²) < 4.78 is 23.6. The highest BCUT2D eigenvalue weighted by atomic mass is 35.5. The second-order valence-electron chi connectivity index (χ2n) is 22.1. The minimum atomic E-state index is -0.0833. The molecular weight excluding hydrogens is 1010 g/mol. The molecule has 81 heavy (non-hydrogen) atoms. The first-order valence-electron chi connectivity index (χ1n) is 28.1. The number of benzene rings is 12. The summed E-state index contributed by atoms with van der Waals surface area (Å²) in [5, 5.41) is 17.7. The number of aromatic nitrogens is 2. The van der Waals surface area contributed by atoms with Gasteiger partial charge in [0.1, 0.15) is 28.1 Å². The van der Waals surface area contributed by atoms with Gasteiger partial charge < -0.3 is 22.6 Å². The van der Waals surface area contributed by atoms with E-state index in [4.69, 9.17) is 21.8 Å². The monoisotopic (exact) mass is 1070 g/mol. The van der Waals surface area contributed by atoms with Gasteiger partial charge in [-0.3, -0.25) is 0 Å². The molecule has 6 heteroatoms. The number of fused-ring (bicyclic) bond motifs is 17. The molecule has 0 N–H and O–H groups in total. The predicted octanol–water partition coefficient (Wildman–Crippen LogP) is 21.5. The van der Waals surface area contributed by atoms with Crippen LogP contribution >= 0.6 is 11.6 Å². The van der Waals surface area contributed by atoms with Gasteiger partial charge in [-0.05, 0) is 205 Å². The van der Waals surface area contributed by atoms with Crippen LogP contribution in [0.15, 0.2) is 221 Å². The Morgan fingerprint density at radius 1 is 0.383 bits per heavy atom. The lowest BCUT2D eigenvalue weighted by Gasteiger charge is -2.11. The lowest BCUT2D eigenvalue weighted by atomic mass is 9.98. The molecule has 388 valence electrons. The molecule has 0 unspecified atom stereocenters. The van der Waals surface area contributed by atoms with Crippen LogP contribution in [0.3, 0.4) is 0 Å². The van der Waals surface area contributed by atoms with E-state index in [1.165, 1.54) is 111 Å². The van der Waals surface area contributed by atoms with E-state index in [2.05, 4.69) is 243 Å². The molecule has 0 radical (unpaired) electrons. The third-order valence-electron chi connectivity index (χ3n) is 16.3. The highest BCUT2D eigenvalue weighted by molar-refractivity contribution is 6.37. The number of aryl methyl sites for hydroxylation is 4. The summed E-state index contributed by atoms with van der Waals surface area (Å²) in [5.41, 5.74) is 20.5. The Labute approximate surface area is 473 Å². The van der Waals surface area contributed by atoms with Crippen LogP contribution in [0.4, 0.5) is 0 Å². The first kappa shape index (κ1) is 47.3. The van der Waals surface area contributed by atoms with Crippen LogP contribution in [0.25, 0.3) is 153 Å². The van der Waals surface area contributed by atoms with Crippen LogP contribution in [-0.2, 0) is 4.79 Å². The Bertz CT molecular complexity index is 5470. The molecule has 0 aliphatic rings. The largest absolute Gasteiger partial charge is 0.456 e. The summed E-state index contributed by atoms with van der Waals surface area (Å²) >= 11 is 7.10. The molecule has 5 heterocycles. The molecule has 0 amide bonds. The van der Waals surface area contributed by atoms with Crippen LogP contribution in [0.1, 0.15) is 37.4 Å². The average molecular weight is 1070 g/mol. The fourth-order valence-electron chi connectivity index (χ4n) is 12.6. The lowest BCUT2D eigenvalue weighted by molar-refractivity contribution is -0.115. The lowest BCUT2D eigenvalue weighted by Crippen LogP contribution is -1.95. The Balaban J connectivity index is 0.000000130. The fraction of sp³-hybridized carbons (Fsp3) is 0.0800. The predicted molar refractivity (Wildman–Crippen MR) is 343 cm³/mol. The molecule has 0 aliphatic carbocycles. The maximum atomic E-state index is 9.62. The number of furan rings is 2. The summed E-state index contributed by atoms with van der Waals surface area (Å²) in [6.07, 6.45) is 0. The van der Waals surface area contributed by atoms with E-state index in [9.17, 15) is 4.79 Å². The maximum absolute atomic E-state index is 9.62. The molecular formula is C75H53ClN2O3. The van der Waals surface area contributed by atoms with E-state index in [1.807, 2.05) is 6.07 Å². The number of carbonyl (C=O) groups is 1. The summed E-state index contributed by atoms with van der Waals surface area (Å²) in [5.74, 6) is -0.0787. The Hall–Kier alpha value is -9.68. The van der Waals surface area contributed by atoms with Crippen molar-refractivity contribution in [3.8, 4) is 27.9 Å². The summed E-state index contributed by atoms with van der Waals surface area (Å²) in [7, 11) is 0. The van der Waals surface area contributed by atoms with Crippen molar-refractivity contribution in [1.82, 2.24) is 8.97 Å². The van der Waals surface area contributed by atoms with E-state index < -0.39 is 0 Å². The number of ketones is 1. The van der Waals surface area contributed by atoms with Crippen molar-refractivity contribution >= 4 is 143 Å². The van der Waals surface area contributed by atoms with Crippen molar-refractivity contribution < 1.29 is 15.0 Å². The second kappa shape index (κ2) is 18.5. The molecule has 17 aromatic rings. The summed E-state index contributed by atoms with van der Waals surface area (Å²) in [6.45, 7) is 9.84. The minimum absolute atomic E-state index is 0.0787. The Morgan fingerprint density at radius 3 is 1.42 bits per heavy atom. The second-order valence-corrected chi connectivity index (χ2v) is 22.5. The zero-order chi connectivity index (χ0) is 55.7.